The molecule has 1 unspecified atom stereocenters. The van der Waals surface area contributed by atoms with Crippen LogP contribution in [0, 0.1) is 0 Å². The molecule has 4 nitrogen and oxygen atoms in total. The summed E-state index contributed by atoms with van der Waals surface area (Å²) in [5, 5.41) is 0. The molecule has 0 aliphatic heterocycles. The van der Waals surface area contributed by atoms with E-state index in [1.807, 2.05) is 6.07 Å². The van der Waals surface area contributed by atoms with Gasteiger partial charge in [0.25, 0.3) is 0 Å². The van der Waals surface area contributed by atoms with Gasteiger partial charge in [-0.15, -0.1) is 0 Å². The van der Waals surface area contributed by atoms with Crippen molar-refractivity contribution in [2.75, 3.05) is 25.2 Å². The molecule has 15 heavy (non-hydrogen) atoms. The summed E-state index contributed by atoms with van der Waals surface area (Å²) in [6, 6.07) is 2.22. The summed E-state index contributed by atoms with van der Waals surface area (Å²) in [6.45, 7) is 5.80. The number of halogens is 1. The second kappa shape index (κ2) is 6.02. The molecule has 0 aliphatic carbocycles. The summed E-state index contributed by atoms with van der Waals surface area (Å²) >= 11 is 3.34. The van der Waals surface area contributed by atoms with Crippen molar-refractivity contribution in [2.45, 2.75) is 19.9 Å². The summed E-state index contributed by atoms with van der Waals surface area (Å²) in [7, 11) is 1.71. The van der Waals surface area contributed by atoms with Crippen molar-refractivity contribution in [2.24, 2.45) is 0 Å². The van der Waals surface area contributed by atoms with Crippen LogP contribution < -0.4 is 4.90 Å². The van der Waals surface area contributed by atoms with E-state index in [-0.39, 0.29) is 0 Å². The maximum Gasteiger partial charge on any atom is 0.133 e. The molecule has 0 N–H and O–H groups in total. The van der Waals surface area contributed by atoms with Crippen LogP contribution in [0.1, 0.15) is 13.8 Å². The molecule has 0 aliphatic rings. The molecule has 0 spiro atoms. The molecule has 0 saturated carbocycles. The lowest BCUT2D eigenvalue weighted by Gasteiger charge is -2.28. The minimum atomic E-state index is 0.307. The quantitative estimate of drug-likeness (QED) is 0.771. The fraction of sp³-hybridized carbons (Fsp3) is 0.600. The number of likely N-dealkylation sites (N-methyl/N-ethyl adjacent to an activating group) is 1. The first-order valence-corrected chi connectivity index (χ1v) is 5.71. The number of hydrogen-bond donors (Lipinski definition) is 0. The van der Waals surface area contributed by atoms with Crippen LogP contribution in [0.3, 0.4) is 0 Å². The van der Waals surface area contributed by atoms with Crippen LogP contribution in [0.15, 0.2) is 17.0 Å². The van der Waals surface area contributed by atoms with Crippen LogP contribution in [0.4, 0.5) is 5.82 Å². The molecular formula is C10H16BrN3O. The normalized spacial score (nSPS) is 12.5. The number of methoxy groups -OCH3 is 1. The Balaban J connectivity index is 2.82. The number of rotatable bonds is 5. The van der Waals surface area contributed by atoms with Crippen LogP contribution >= 0.6 is 15.9 Å². The van der Waals surface area contributed by atoms with Crippen molar-refractivity contribution in [1.29, 1.82) is 0 Å². The predicted octanol–water partition coefficient (Wildman–Crippen LogP) is 2.10. The number of ether oxygens (including phenoxy) is 1. The van der Waals surface area contributed by atoms with Crippen LogP contribution in [-0.4, -0.2) is 36.3 Å². The molecule has 0 aromatic carbocycles. The maximum absolute atomic E-state index is 5.14. The summed E-state index contributed by atoms with van der Waals surface area (Å²) < 4.78 is 5.94. The third kappa shape index (κ3) is 3.43. The van der Waals surface area contributed by atoms with Gasteiger partial charge in [0.05, 0.1) is 12.6 Å². The fourth-order valence-electron chi connectivity index (χ4n) is 1.51. The van der Waals surface area contributed by atoms with E-state index in [9.17, 15) is 0 Å². The molecule has 0 bridgehead atoms. The molecule has 0 radical (unpaired) electrons. The van der Waals surface area contributed by atoms with Gasteiger partial charge in [0, 0.05) is 19.7 Å². The minimum absolute atomic E-state index is 0.307. The van der Waals surface area contributed by atoms with E-state index >= 15 is 0 Å². The smallest absolute Gasteiger partial charge is 0.133 e. The summed E-state index contributed by atoms with van der Waals surface area (Å²) in [6.07, 6.45) is 1.56. The standard InChI is InChI=1S/C10H16BrN3O/c1-4-14(8(2)6-15-3)10-5-9(11)12-7-13-10/h5,7-8H,4,6H2,1-3H3. The number of hydrogen-bond acceptors (Lipinski definition) is 4. The average molecular weight is 274 g/mol. The number of aromatic nitrogens is 2. The van der Waals surface area contributed by atoms with Gasteiger partial charge in [0.15, 0.2) is 0 Å². The molecule has 0 saturated heterocycles. The Morgan fingerprint density at radius 2 is 2.27 bits per heavy atom. The monoisotopic (exact) mass is 273 g/mol. The lowest BCUT2D eigenvalue weighted by atomic mass is 10.3. The van der Waals surface area contributed by atoms with Crippen molar-refractivity contribution in [3.63, 3.8) is 0 Å². The zero-order valence-electron chi connectivity index (χ0n) is 9.27. The van der Waals surface area contributed by atoms with Crippen LogP contribution in [-0.2, 0) is 4.74 Å². The lowest BCUT2D eigenvalue weighted by Crippen LogP contribution is -2.36. The first kappa shape index (κ1) is 12.4. The van der Waals surface area contributed by atoms with Gasteiger partial charge in [0.1, 0.15) is 16.7 Å². The second-order valence-corrected chi connectivity index (χ2v) is 4.10. The Morgan fingerprint density at radius 3 is 2.80 bits per heavy atom. The van der Waals surface area contributed by atoms with E-state index < -0.39 is 0 Å². The van der Waals surface area contributed by atoms with E-state index in [1.54, 1.807) is 13.4 Å². The summed E-state index contributed by atoms with van der Waals surface area (Å²) in [5.74, 6) is 0.920. The third-order valence-corrected chi connectivity index (χ3v) is 2.63. The molecule has 0 amide bonds. The highest BCUT2D eigenvalue weighted by atomic mass is 79.9. The van der Waals surface area contributed by atoms with Gasteiger partial charge in [-0.25, -0.2) is 9.97 Å². The van der Waals surface area contributed by atoms with E-state index in [2.05, 4.69) is 44.6 Å². The predicted molar refractivity (Wildman–Crippen MR) is 64.1 cm³/mol. The second-order valence-electron chi connectivity index (χ2n) is 3.29. The zero-order valence-corrected chi connectivity index (χ0v) is 10.9. The molecule has 84 valence electrons. The molecule has 1 rings (SSSR count). The Kier molecular flexibility index (Phi) is 4.98. The van der Waals surface area contributed by atoms with Gasteiger partial charge >= 0.3 is 0 Å². The van der Waals surface area contributed by atoms with Crippen LogP contribution in [0.5, 0.6) is 0 Å². The van der Waals surface area contributed by atoms with Crippen LogP contribution in [0.2, 0.25) is 0 Å². The van der Waals surface area contributed by atoms with Gasteiger partial charge in [-0.3, -0.25) is 0 Å². The molecule has 1 aromatic heterocycles. The molecule has 5 heteroatoms. The first-order chi connectivity index (χ1) is 7.19. The van der Waals surface area contributed by atoms with E-state index in [4.69, 9.17) is 4.74 Å². The molecular weight excluding hydrogens is 258 g/mol. The van der Waals surface area contributed by atoms with Gasteiger partial charge in [-0.1, -0.05) is 0 Å². The van der Waals surface area contributed by atoms with Crippen molar-refractivity contribution >= 4 is 21.7 Å². The number of anilines is 1. The Morgan fingerprint density at radius 1 is 1.53 bits per heavy atom. The van der Waals surface area contributed by atoms with Gasteiger partial charge < -0.3 is 9.64 Å². The van der Waals surface area contributed by atoms with Crippen molar-refractivity contribution < 1.29 is 4.74 Å². The average Bonchev–Trinajstić information content (AvgIpc) is 2.19. The third-order valence-electron chi connectivity index (χ3n) is 2.19. The van der Waals surface area contributed by atoms with E-state index in [0.29, 0.717) is 12.6 Å². The Labute approximate surface area is 98.8 Å². The fourth-order valence-corrected chi connectivity index (χ4v) is 1.81. The van der Waals surface area contributed by atoms with Gasteiger partial charge in [0.2, 0.25) is 0 Å². The largest absolute Gasteiger partial charge is 0.383 e. The number of nitrogens with zero attached hydrogens (tertiary/aromatic N) is 3. The molecule has 1 aromatic rings. The Hall–Kier alpha value is -0.680. The minimum Gasteiger partial charge on any atom is -0.383 e. The maximum atomic E-state index is 5.14. The van der Waals surface area contributed by atoms with Crippen molar-refractivity contribution in [1.82, 2.24) is 9.97 Å². The highest BCUT2D eigenvalue weighted by molar-refractivity contribution is 9.10. The van der Waals surface area contributed by atoms with Gasteiger partial charge in [-0.05, 0) is 29.8 Å². The molecule has 1 heterocycles. The van der Waals surface area contributed by atoms with Crippen molar-refractivity contribution in [3.05, 3.63) is 17.0 Å². The first-order valence-electron chi connectivity index (χ1n) is 4.92. The van der Waals surface area contributed by atoms with Crippen molar-refractivity contribution in [3.8, 4) is 0 Å². The van der Waals surface area contributed by atoms with Gasteiger partial charge in [-0.2, -0.15) is 0 Å². The highest BCUT2D eigenvalue weighted by Crippen LogP contribution is 2.16. The van der Waals surface area contributed by atoms with E-state index in [1.165, 1.54) is 0 Å². The Bertz CT molecular complexity index is 308. The molecule has 1 atom stereocenters. The molecule has 0 fully saturated rings. The zero-order chi connectivity index (χ0) is 11.3. The SMILES string of the molecule is CCN(c1cc(Br)ncn1)C(C)COC. The summed E-state index contributed by atoms with van der Waals surface area (Å²) in [4.78, 5) is 10.4. The van der Waals surface area contributed by atoms with Crippen LogP contribution in [0.25, 0.3) is 0 Å². The van der Waals surface area contributed by atoms with E-state index in [0.717, 1.165) is 17.0 Å². The topological polar surface area (TPSA) is 38.2 Å². The highest BCUT2D eigenvalue weighted by Gasteiger charge is 2.13. The summed E-state index contributed by atoms with van der Waals surface area (Å²) in [5.41, 5.74) is 0. The lowest BCUT2D eigenvalue weighted by molar-refractivity contribution is 0.181.